The summed E-state index contributed by atoms with van der Waals surface area (Å²) in [4.78, 5) is 17.9. The molecular formula is C16H34N4O2. The minimum Gasteiger partial charge on any atom is -0.444 e. The van der Waals surface area contributed by atoms with Crippen molar-refractivity contribution >= 4 is 12.1 Å². The molecule has 1 unspecified atom stereocenters. The zero-order valence-corrected chi connectivity index (χ0v) is 15.5. The molecule has 0 fully saturated rings. The van der Waals surface area contributed by atoms with Gasteiger partial charge in [-0.3, -0.25) is 4.99 Å². The molecule has 0 radical (unpaired) electrons. The largest absolute Gasteiger partial charge is 0.444 e. The van der Waals surface area contributed by atoms with Crippen molar-refractivity contribution in [3.63, 3.8) is 0 Å². The summed E-state index contributed by atoms with van der Waals surface area (Å²) >= 11 is 0. The SMILES string of the molecule is CCN(CCNC(=NC)NC(C)C(C)C)C(=O)OC(C)(C)C. The number of ether oxygens (including phenoxy) is 1. The molecule has 0 rings (SSSR count). The van der Waals surface area contributed by atoms with Crippen LogP contribution in [0.3, 0.4) is 0 Å². The first-order valence-electron chi connectivity index (χ1n) is 8.05. The molecule has 1 atom stereocenters. The van der Waals surface area contributed by atoms with Crippen LogP contribution < -0.4 is 10.6 Å². The molecule has 6 heteroatoms. The van der Waals surface area contributed by atoms with Gasteiger partial charge in [0.1, 0.15) is 5.60 Å². The first-order valence-corrected chi connectivity index (χ1v) is 8.05. The Morgan fingerprint density at radius 1 is 1.27 bits per heavy atom. The van der Waals surface area contributed by atoms with Crippen LogP contribution in [-0.2, 0) is 4.74 Å². The van der Waals surface area contributed by atoms with Crippen LogP contribution >= 0.6 is 0 Å². The molecule has 0 aromatic rings. The fraction of sp³-hybridized carbons (Fsp3) is 0.875. The maximum atomic E-state index is 12.0. The standard InChI is InChI=1S/C16H34N4O2/c1-9-20(15(21)22-16(5,6)7)11-10-18-14(17-8)19-13(4)12(2)3/h12-13H,9-11H2,1-8H3,(H2,17,18,19). The van der Waals surface area contributed by atoms with E-state index in [0.717, 1.165) is 5.96 Å². The summed E-state index contributed by atoms with van der Waals surface area (Å²) in [6.45, 7) is 15.8. The maximum Gasteiger partial charge on any atom is 0.410 e. The number of aliphatic imine (C=N–C) groups is 1. The smallest absolute Gasteiger partial charge is 0.410 e. The van der Waals surface area contributed by atoms with Crippen molar-refractivity contribution in [2.45, 2.75) is 60.1 Å². The minimum atomic E-state index is -0.470. The number of hydrogen-bond donors (Lipinski definition) is 2. The van der Waals surface area contributed by atoms with E-state index in [1.807, 2.05) is 27.7 Å². The predicted octanol–water partition coefficient (Wildman–Crippen LogP) is 2.45. The fourth-order valence-corrected chi connectivity index (χ4v) is 1.59. The number of nitrogens with one attached hydrogen (secondary N) is 2. The van der Waals surface area contributed by atoms with Gasteiger partial charge in [0.15, 0.2) is 5.96 Å². The number of hydrogen-bond acceptors (Lipinski definition) is 3. The van der Waals surface area contributed by atoms with Crippen molar-refractivity contribution in [2.24, 2.45) is 10.9 Å². The summed E-state index contributed by atoms with van der Waals surface area (Å²) in [5.41, 5.74) is -0.470. The van der Waals surface area contributed by atoms with Gasteiger partial charge in [-0.25, -0.2) is 4.79 Å². The Kier molecular flexibility index (Phi) is 8.90. The zero-order valence-electron chi connectivity index (χ0n) is 15.5. The predicted molar refractivity (Wildman–Crippen MR) is 92.3 cm³/mol. The van der Waals surface area contributed by atoms with Crippen molar-refractivity contribution in [1.29, 1.82) is 0 Å². The van der Waals surface area contributed by atoms with E-state index in [4.69, 9.17) is 4.74 Å². The van der Waals surface area contributed by atoms with Gasteiger partial charge in [-0.2, -0.15) is 0 Å². The van der Waals surface area contributed by atoms with Gasteiger partial charge >= 0.3 is 6.09 Å². The normalized spacial score (nSPS) is 13.8. The van der Waals surface area contributed by atoms with E-state index in [2.05, 4.69) is 36.4 Å². The highest BCUT2D eigenvalue weighted by Crippen LogP contribution is 2.09. The molecule has 0 aliphatic carbocycles. The highest BCUT2D eigenvalue weighted by Gasteiger charge is 2.20. The molecule has 6 nitrogen and oxygen atoms in total. The van der Waals surface area contributed by atoms with Gasteiger partial charge < -0.3 is 20.3 Å². The Bertz CT molecular complexity index is 362. The highest BCUT2D eigenvalue weighted by molar-refractivity contribution is 5.80. The minimum absolute atomic E-state index is 0.282. The molecule has 130 valence electrons. The summed E-state index contributed by atoms with van der Waals surface area (Å²) in [7, 11) is 1.74. The Morgan fingerprint density at radius 2 is 1.86 bits per heavy atom. The molecule has 0 saturated heterocycles. The number of likely N-dealkylation sites (N-methyl/N-ethyl adjacent to an activating group) is 1. The fourth-order valence-electron chi connectivity index (χ4n) is 1.59. The van der Waals surface area contributed by atoms with Crippen LogP contribution in [0, 0.1) is 5.92 Å². The first-order chi connectivity index (χ1) is 10.1. The number of amides is 1. The monoisotopic (exact) mass is 314 g/mol. The summed E-state index contributed by atoms with van der Waals surface area (Å²) in [5.74, 6) is 1.27. The van der Waals surface area contributed by atoms with E-state index in [1.54, 1.807) is 11.9 Å². The van der Waals surface area contributed by atoms with Gasteiger partial charge in [-0.15, -0.1) is 0 Å². The second-order valence-corrected chi connectivity index (χ2v) is 6.74. The lowest BCUT2D eigenvalue weighted by Crippen LogP contribution is -2.47. The molecule has 0 aliphatic heterocycles. The van der Waals surface area contributed by atoms with Crippen molar-refractivity contribution in [3.8, 4) is 0 Å². The molecule has 0 spiro atoms. The van der Waals surface area contributed by atoms with Gasteiger partial charge in [-0.05, 0) is 40.5 Å². The molecule has 0 heterocycles. The lowest BCUT2D eigenvalue weighted by atomic mass is 10.1. The van der Waals surface area contributed by atoms with Gasteiger partial charge in [-0.1, -0.05) is 13.8 Å². The van der Waals surface area contributed by atoms with Crippen molar-refractivity contribution in [1.82, 2.24) is 15.5 Å². The molecule has 0 aromatic carbocycles. The quantitative estimate of drug-likeness (QED) is 0.584. The average molecular weight is 314 g/mol. The van der Waals surface area contributed by atoms with E-state index in [9.17, 15) is 4.79 Å². The maximum absolute atomic E-state index is 12.0. The van der Waals surface area contributed by atoms with Gasteiger partial charge in [0.2, 0.25) is 0 Å². The average Bonchev–Trinajstić information content (AvgIpc) is 2.39. The van der Waals surface area contributed by atoms with Crippen LogP contribution in [-0.4, -0.2) is 55.3 Å². The van der Waals surface area contributed by atoms with Gasteiger partial charge in [0, 0.05) is 32.7 Å². The summed E-state index contributed by atoms with van der Waals surface area (Å²) in [6.07, 6.45) is -0.282. The Hall–Kier alpha value is -1.46. The van der Waals surface area contributed by atoms with Crippen LogP contribution in [0.1, 0.15) is 48.5 Å². The molecule has 0 bridgehead atoms. The number of rotatable bonds is 6. The Labute approximate surface area is 135 Å². The van der Waals surface area contributed by atoms with Crippen molar-refractivity contribution in [3.05, 3.63) is 0 Å². The second kappa shape index (κ2) is 9.54. The molecular weight excluding hydrogens is 280 g/mol. The van der Waals surface area contributed by atoms with Crippen molar-refractivity contribution < 1.29 is 9.53 Å². The van der Waals surface area contributed by atoms with Gasteiger partial charge in [0.25, 0.3) is 0 Å². The van der Waals surface area contributed by atoms with Crippen LogP contribution in [0.5, 0.6) is 0 Å². The third kappa shape index (κ3) is 8.74. The lowest BCUT2D eigenvalue weighted by molar-refractivity contribution is 0.0264. The van der Waals surface area contributed by atoms with E-state index in [1.165, 1.54) is 0 Å². The molecule has 22 heavy (non-hydrogen) atoms. The molecule has 0 aliphatic rings. The number of guanidine groups is 1. The van der Waals surface area contributed by atoms with Crippen molar-refractivity contribution in [2.75, 3.05) is 26.7 Å². The number of carbonyl (C=O) groups excluding carboxylic acids is 1. The highest BCUT2D eigenvalue weighted by atomic mass is 16.6. The number of nitrogens with zero attached hydrogens (tertiary/aromatic N) is 2. The van der Waals surface area contributed by atoms with Crippen LogP contribution in [0.4, 0.5) is 4.79 Å². The van der Waals surface area contributed by atoms with E-state index >= 15 is 0 Å². The van der Waals surface area contributed by atoms with E-state index in [-0.39, 0.29) is 6.09 Å². The molecule has 2 N–H and O–H groups in total. The first kappa shape index (κ1) is 20.5. The van der Waals surface area contributed by atoms with E-state index in [0.29, 0.717) is 31.6 Å². The topological polar surface area (TPSA) is 66.0 Å². The summed E-state index contributed by atoms with van der Waals surface area (Å²) in [5, 5.41) is 6.56. The summed E-state index contributed by atoms with van der Waals surface area (Å²) < 4.78 is 5.38. The molecule has 0 aromatic heterocycles. The van der Waals surface area contributed by atoms with Crippen LogP contribution in [0.15, 0.2) is 4.99 Å². The second-order valence-electron chi connectivity index (χ2n) is 6.74. The third-order valence-electron chi connectivity index (χ3n) is 3.30. The number of carbonyl (C=O) groups is 1. The Balaban J connectivity index is 4.31. The lowest BCUT2D eigenvalue weighted by Gasteiger charge is -2.27. The molecule has 0 saturated carbocycles. The van der Waals surface area contributed by atoms with Gasteiger partial charge in [0.05, 0.1) is 0 Å². The van der Waals surface area contributed by atoms with E-state index < -0.39 is 5.60 Å². The Morgan fingerprint density at radius 3 is 2.27 bits per heavy atom. The van der Waals surface area contributed by atoms with Crippen LogP contribution in [0.25, 0.3) is 0 Å². The third-order valence-corrected chi connectivity index (χ3v) is 3.30. The summed E-state index contributed by atoms with van der Waals surface area (Å²) in [6, 6.07) is 0.333. The molecule has 1 amide bonds. The zero-order chi connectivity index (χ0) is 17.3. The van der Waals surface area contributed by atoms with Crippen LogP contribution in [0.2, 0.25) is 0 Å².